The van der Waals surface area contributed by atoms with Gasteiger partial charge in [-0.25, -0.2) is 29.9 Å². The Bertz CT molecular complexity index is 9270. The SMILES string of the molecule is c1ccc(-c2nc(-c3cccc4sc5ccccc5c34)nc(-c3ccc(-n4c5cc6ccccc6cc5c5c6cc(-c7ccc8ccc(-c9nc(-c%10cccc%11sc%12ccccc%12c%10%11)nc(-c%10ccc(-n%11c%12cc%13ccccc%13cc%12c%12c%13ccccc%13ccc%12%11)c%11oc%12ccccc%12c%10%11)n9)cc8c7)ccc6ccc54)c4oc5ccccc5c34)n2)cc1. The molecule has 10 nitrogen and oxygen atoms in total. The topological polar surface area (TPSA) is 113 Å². The van der Waals surface area contributed by atoms with Crippen LogP contribution in [0.1, 0.15) is 0 Å². The molecule has 0 unspecified atom stereocenters. The molecule has 0 saturated carbocycles. The van der Waals surface area contributed by atoms with Gasteiger partial charge < -0.3 is 18.0 Å². The molecule has 27 aromatic rings. The minimum absolute atomic E-state index is 0.539. The Kier molecular flexibility index (Phi) is 14.2. The molecule has 0 bridgehead atoms. The van der Waals surface area contributed by atoms with Gasteiger partial charge in [0.25, 0.3) is 0 Å². The minimum atomic E-state index is 0.539. The van der Waals surface area contributed by atoms with Crippen molar-refractivity contribution in [3.63, 3.8) is 0 Å². The fourth-order valence-electron chi connectivity index (χ4n) is 19.6. The summed E-state index contributed by atoms with van der Waals surface area (Å²) < 4.78 is 24.1. The zero-order valence-electron chi connectivity index (χ0n) is 64.9. The Balaban J connectivity index is 0.628. The van der Waals surface area contributed by atoms with E-state index < -0.39 is 0 Å². The van der Waals surface area contributed by atoms with Crippen LogP contribution in [0.15, 0.2) is 373 Å². The Labute approximate surface area is 702 Å². The number of hydrogen-bond donors (Lipinski definition) is 0. The summed E-state index contributed by atoms with van der Waals surface area (Å²) in [5.41, 5.74) is 16.6. The largest absolute Gasteiger partial charge is 0.454 e. The quantitative estimate of drug-likeness (QED) is 0.140. The number of aromatic nitrogens is 8. The zero-order chi connectivity index (χ0) is 79.5. The Morgan fingerprint density at radius 2 is 0.582 bits per heavy atom. The molecule has 8 aromatic heterocycles. The van der Waals surface area contributed by atoms with Crippen molar-refractivity contribution in [2.24, 2.45) is 0 Å². The lowest BCUT2D eigenvalue weighted by molar-refractivity contribution is 0.666. The predicted molar refractivity (Wildman–Crippen MR) is 508 cm³/mol. The first kappa shape index (κ1) is 67.2. The summed E-state index contributed by atoms with van der Waals surface area (Å²) in [6.45, 7) is 0. The number of hydrogen-bond acceptors (Lipinski definition) is 10. The molecule has 0 spiro atoms. The summed E-state index contributed by atoms with van der Waals surface area (Å²) >= 11 is 3.57. The fraction of sp³-hybridized carbons (Fsp3) is 0. The molecule has 27 rings (SSSR count). The van der Waals surface area contributed by atoms with Gasteiger partial charge in [-0.15, -0.1) is 22.7 Å². The molecule has 19 aromatic carbocycles. The van der Waals surface area contributed by atoms with Crippen molar-refractivity contribution >= 4 is 204 Å². The molecule has 0 saturated heterocycles. The summed E-state index contributed by atoms with van der Waals surface area (Å²) in [6, 6.07) is 131. The molecule has 0 aliphatic rings. The Morgan fingerprint density at radius 3 is 1.12 bits per heavy atom. The monoisotopic (exact) mass is 1590 g/mol. The molecule has 564 valence electrons. The summed E-state index contributed by atoms with van der Waals surface area (Å²) in [6.07, 6.45) is 0. The number of para-hydroxylation sites is 2. The van der Waals surface area contributed by atoms with E-state index in [-0.39, 0.29) is 0 Å². The average molecular weight is 1590 g/mol. The third-order valence-electron chi connectivity index (χ3n) is 25.1. The molecule has 0 radical (unpaired) electrons. The second-order valence-electron chi connectivity index (χ2n) is 31.9. The van der Waals surface area contributed by atoms with Crippen LogP contribution in [0.5, 0.6) is 0 Å². The van der Waals surface area contributed by atoms with Gasteiger partial charge in [0.05, 0.1) is 33.4 Å². The van der Waals surface area contributed by atoms with E-state index in [0.29, 0.717) is 34.9 Å². The Hall–Kier alpha value is -15.9. The first-order valence-corrected chi connectivity index (χ1v) is 42.6. The van der Waals surface area contributed by atoms with Crippen LogP contribution in [0.3, 0.4) is 0 Å². The number of furan rings is 2. The summed E-state index contributed by atoms with van der Waals surface area (Å²) in [5.74, 6) is 3.42. The van der Waals surface area contributed by atoms with Gasteiger partial charge in [0, 0.05) is 117 Å². The second-order valence-corrected chi connectivity index (χ2v) is 34.0. The summed E-state index contributed by atoms with van der Waals surface area (Å²) in [5, 5.41) is 24.4. The number of nitrogens with zero attached hydrogens (tertiary/aromatic N) is 8. The molecule has 0 fully saturated rings. The first-order valence-electron chi connectivity index (χ1n) is 41.0. The lowest BCUT2D eigenvalue weighted by Gasteiger charge is -2.13. The fourth-order valence-corrected chi connectivity index (χ4v) is 21.9. The number of rotatable bonds is 9. The molecule has 0 atom stereocenters. The van der Waals surface area contributed by atoms with Crippen molar-refractivity contribution in [3.05, 3.63) is 364 Å². The summed E-state index contributed by atoms with van der Waals surface area (Å²) in [7, 11) is 0. The Morgan fingerprint density at radius 1 is 0.197 bits per heavy atom. The molecular weight excluding hydrogens is 1530 g/mol. The van der Waals surface area contributed by atoms with E-state index >= 15 is 0 Å². The van der Waals surface area contributed by atoms with Gasteiger partial charge in [0.1, 0.15) is 11.2 Å². The molecule has 0 aliphatic carbocycles. The number of benzene rings is 19. The third kappa shape index (κ3) is 10.0. The van der Waals surface area contributed by atoms with Gasteiger partial charge in [-0.1, -0.05) is 249 Å². The molecular formula is C110H60N8O2S2. The average Bonchev–Trinajstić information content (AvgIpc) is 1.55. The van der Waals surface area contributed by atoms with E-state index in [1.54, 1.807) is 22.7 Å². The van der Waals surface area contributed by atoms with Crippen molar-refractivity contribution < 1.29 is 8.83 Å². The lowest BCUT2D eigenvalue weighted by atomic mass is 9.95. The van der Waals surface area contributed by atoms with Gasteiger partial charge >= 0.3 is 0 Å². The number of fused-ring (bicyclic) bond motifs is 25. The highest BCUT2D eigenvalue weighted by Crippen LogP contribution is 2.50. The van der Waals surface area contributed by atoms with Crippen LogP contribution >= 0.6 is 22.7 Å². The molecule has 0 N–H and O–H groups in total. The molecule has 8 heterocycles. The highest BCUT2D eigenvalue weighted by molar-refractivity contribution is 7.26. The van der Waals surface area contributed by atoms with Gasteiger partial charge in [-0.2, -0.15) is 0 Å². The standard InChI is InChI=1S/C110H60N8O2S2/c1-2-21-64(22-3-1)105-111-107(78-32-18-38-95-99(78)76-30-12-16-36-93(76)121-95)115-109(112-105)80-48-53-88(104-101(80)74-28-10-14-34-91(74)120-104)118-86-51-47-63-42-44-70(56-82(63)98(86)84-58-66-24-5-7-26-68(66)60-90(84)118)69-43-40-61-41-45-71(55-72(61)54-69)106-113-108(79-33-19-39-96-100(79)77-31-13-17-37-94(77)122-96)116-110(114-106)81-49-52-87(103-102(81)75-29-11-15-35-92(75)119-103)117-85-50-46-62-20-8-9-27-73(62)97(85)83-57-65-23-4-6-25-67(65)59-89(83)117/h1-60H. The summed E-state index contributed by atoms with van der Waals surface area (Å²) in [4.78, 5) is 33.1. The van der Waals surface area contributed by atoms with Crippen molar-refractivity contribution in [2.45, 2.75) is 0 Å². The van der Waals surface area contributed by atoms with Gasteiger partial charge in [-0.05, 0) is 180 Å². The van der Waals surface area contributed by atoms with Gasteiger partial charge in [0.15, 0.2) is 46.1 Å². The van der Waals surface area contributed by atoms with Crippen LogP contribution in [0.25, 0.3) is 273 Å². The van der Waals surface area contributed by atoms with E-state index in [4.69, 9.17) is 38.7 Å². The van der Waals surface area contributed by atoms with Crippen molar-refractivity contribution in [1.29, 1.82) is 0 Å². The normalized spacial score (nSPS) is 12.3. The smallest absolute Gasteiger partial charge is 0.164 e. The maximum absolute atomic E-state index is 7.27. The van der Waals surface area contributed by atoms with Crippen LogP contribution in [0.4, 0.5) is 0 Å². The van der Waals surface area contributed by atoms with E-state index in [2.05, 4.69) is 343 Å². The highest BCUT2D eigenvalue weighted by atomic mass is 32.1. The van der Waals surface area contributed by atoms with Crippen molar-refractivity contribution in [1.82, 2.24) is 39.0 Å². The van der Waals surface area contributed by atoms with Crippen molar-refractivity contribution in [3.8, 4) is 90.8 Å². The van der Waals surface area contributed by atoms with Gasteiger partial charge in [-0.3, -0.25) is 0 Å². The molecule has 122 heavy (non-hydrogen) atoms. The van der Waals surface area contributed by atoms with Crippen LogP contribution in [-0.2, 0) is 0 Å². The maximum Gasteiger partial charge on any atom is 0.164 e. The van der Waals surface area contributed by atoms with E-state index in [9.17, 15) is 0 Å². The minimum Gasteiger partial charge on any atom is -0.454 e. The van der Waals surface area contributed by atoms with Crippen LogP contribution in [-0.4, -0.2) is 39.0 Å². The molecule has 12 heteroatoms. The zero-order valence-corrected chi connectivity index (χ0v) is 66.5. The third-order valence-corrected chi connectivity index (χ3v) is 27.4. The van der Waals surface area contributed by atoms with E-state index in [0.717, 1.165) is 191 Å². The van der Waals surface area contributed by atoms with E-state index in [1.165, 1.54) is 46.4 Å². The van der Waals surface area contributed by atoms with Crippen LogP contribution in [0, 0.1) is 0 Å². The lowest BCUT2D eigenvalue weighted by Crippen LogP contribution is -2.01. The predicted octanol–water partition coefficient (Wildman–Crippen LogP) is 30.2. The first-order chi connectivity index (χ1) is 60.4. The number of thiophene rings is 2. The van der Waals surface area contributed by atoms with Crippen molar-refractivity contribution in [2.75, 3.05) is 0 Å². The maximum atomic E-state index is 7.27. The van der Waals surface area contributed by atoms with Gasteiger partial charge in [0.2, 0.25) is 0 Å². The molecule has 0 amide bonds. The van der Waals surface area contributed by atoms with E-state index in [1.807, 2.05) is 30.3 Å². The second kappa shape index (κ2) is 25.8. The highest BCUT2D eigenvalue weighted by Gasteiger charge is 2.29. The molecule has 0 aliphatic heterocycles. The van der Waals surface area contributed by atoms with Crippen LogP contribution in [0.2, 0.25) is 0 Å². The van der Waals surface area contributed by atoms with Crippen LogP contribution < -0.4 is 0 Å².